The highest BCUT2D eigenvalue weighted by atomic mass is 32.1. The van der Waals surface area contributed by atoms with Crippen LogP contribution in [0.25, 0.3) is 21.6 Å². The number of esters is 1. The van der Waals surface area contributed by atoms with Crippen molar-refractivity contribution in [2.75, 3.05) is 7.11 Å². The minimum atomic E-state index is -0.448. The summed E-state index contributed by atoms with van der Waals surface area (Å²) in [6.07, 6.45) is 0. The van der Waals surface area contributed by atoms with Gasteiger partial charge in [0.05, 0.1) is 12.5 Å². The van der Waals surface area contributed by atoms with E-state index in [-0.39, 0.29) is 5.56 Å². The van der Waals surface area contributed by atoms with Crippen molar-refractivity contribution < 1.29 is 9.53 Å². The molecule has 1 aromatic carbocycles. The maximum atomic E-state index is 12.3. The number of hydrogen-bond donors (Lipinski definition) is 1. The number of H-pyrrole nitrogens is 1. The fourth-order valence-corrected chi connectivity index (χ4v) is 3.26. The van der Waals surface area contributed by atoms with E-state index in [9.17, 15) is 9.59 Å². The van der Waals surface area contributed by atoms with E-state index in [1.807, 2.05) is 30.3 Å². The number of nitrogens with one attached hydrogen (secondary N) is 1. The van der Waals surface area contributed by atoms with Crippen molar-refractivity contribution in [1.82, 2.24) is 9.97 Å². The standard InChI is InChI=1S/C15H12N2O3S/c1-8-10-13(18)16-12(9-6-4-3-5-7-9)17-14(10)21-11(8)15(19)20-2/h3-7H,1-2H3,(H,16,17,18). The molecule has 0 saturated heterocycles. The summed E-state index contributed by atoms with van der Waals surface area (Å²) in [5, 5.41) is 0.445. The van der Waals surface area contributed by atoms with Crippen molar-refractivity contribution in [1.29, 1.82) is 0 Å². The van der Waals surface area contributed by atoms with Gasteiger partial charge in [-0.2, -0.15) is 0 Å². The topological polar surface area (TPSA) is 72.0 Å². The molecule has 0 aliphatic heterocycles. The van der Waals surface area contributed by atoms with Crippen molar-refractivity contribution in [2.45, 2.75) is 6.92 Å². The Morgan fingerprint density at radius 2 is 2.00 bits per heavy atom. The lowest BCUT2D eigenvalue weighted by Gasteiger charge is -2.00. The van der Waals surface area contributed by atoms with Gasteiger partial charge >= 0.3 is 5.97 Å². The molecule has 0 bridgehead atoms. The number of fused-ring (bicyclic) bond motifs is 1. The van der Waals surface area contributed by atoms with Crippen LogP contribution in [-0.4, -0.2) is 23.0 Å². The molecule has 2 aromatic heterocycles. The van der Waals surface area contributed by atoms with Crippen molar-refractivity contribution in [3.05, 3.63) is 51.1 Å². The molecule has 0 aliphatic rings. The quantitative estimate of drug-likeness (QED) is 0.739. The van der Waals surface area contributed by atoms with Gasteiger partial charge in [0.15, 0.2) is 0 Å². The number of methoxy groups -OCH3 is 1. The zero-order valence-corrected chi connectivity index (χ0v) is 12.3. The van der Waals surface area contributed by atoms with Crippen molar-refractivity contribution in [3.8, 4) is 11.4 Å². The van der Waals surface area contributed by atoms with Gasteiger partial charge in [-0.05, 0) is 12.5 Å². The predicted molar refractivity (Wildman–Crippen MR) is 81.8 cm³/mol. The first-order valence-corrected chi connectivity index (χ1v) is 7.10. The van der Waals surface area contributed by atoms with Gasteiger partial charge in [-0.15, -0.1) is 11.3 Å². The number of aryl methyl sites for hydroxylation is 1. The summed E-state index contributed by atoms with van der Waals surface area (Å²) in [6, 6.07) is 9.38. The van der Waals surface area contributed by atoms with Crippen LogP contribution in [0.15, 0.2) is 35.1 Å². The SMILES string of the molecule is COC(=O)c1sc2nc(-c3ccccc3)[nH]c(=O)c2c1C. The molecule has 2 heterocycles. The predicted octanol–water partition coefficient (Wildman–Crippen LogP) is 2.75. The molecule has 0 saturated carbocycles. The van der Waals surface area contributed by atoms with Gasteiger partial charge in [-0.3, -0.25) is 4.79 Å². The summed E-state index contributed by atoms with van der Waals surface area (Å²) >= 11 is 1.17. The Kier molecular flexibility index (Phi) is 3.31. The average molecular weight is 300 g/mol. The normalized spacial score (nSPS) is 10.8. The van der Waals surface area contributed by atoms with Crippen molar-refractivity contribution in [2.24, 2.45) is 0 Å². The number of aromatic amines is 1. The van der Waals surface area contributed by atoms with Crippen LogP contribution in [0.5, 0.6) is 0 Å². The second-order valence-corrected chi connectivity index (χ2v) is 5.51. The number of nitrogens with zero attached hydrogens (tertiary/aromatic N) is 1. The van der Waals surface area contributed by atoms with Crippen LogP contribution >= 0.6 is 11.3 Å². The number of ether oxygens (including phenoxy) is 1. The third-order valence-electron chi connectivity index (χ3n) is 3.22. The fourth-order valence-electron chi connectivity index (χ4n) is 2.16. The van der Waals surface area contributed by atoms with E-state index < -0.39 is 5.97 Å². The second kappa shape index (κ2) is 5.14. The van der Waals surface area contributed by atoms with Gasteiger partial charge in [0.25, 0.3) is 5.56 Å². The van der Waals surface area contributed by atoms with Gasteiger partial charge < -0.3 is 9.72 Å². The Bertz CT molecular complexity index is 881. The average Bonchev–Trinajstić information content (AvgIpc) is 2.85. The summed E-state index contributed by atoms with van der Waals surface area (Å²) in [5.74, 6) is 0.0435. The second-order valence-electron chi connectivity index (χ2n) is 4.51. The fraction of sp³-hybridized carbons (Fsp3) is 0.133. The maximum Gasteiger partial charge on any atom is 0.348 e. The molecule has 0 atom stereocenters. The highest BCUT2D eigenvalue weighted by molar-refractivity contribution is 7.20. The van der Waals surface area contributed by atoms with Gasteiger partial charge in [0.2, 0.25) is 0 Å². The molecule has 6 heteroatoms. The molecule has 21 heavy (non-hydrogen) atoms. The first-order valence-electron chi connectivity index (χ1n) is 6.29. The van der Waals surface area contributed by atoms with Crippen LogP contribution in [-0.2, 0) is 4.74 Å². The van der Waals surface area contributed by atoms with Crippen molar-refractivity contribution in [3.63, 3.8) is 0 Å². The number of thiophene rings is 1. The number of rotatable bonds is 2. The zero-order valence-electron chi connectivity index (χ0n) is 11.5. The summed E-state index contributed by atoms with van der Waals surface area (Å²) in [5.41, 5.74) is 1.18. The van der Waals surface area contributed by atoms with Gasteiger partial charge in [0, 0.05) is 5.56 Å². The first-order chi connectivity index (χ1) is 10.1. The maximum absolute atomic E-state index is 12.3. The monoisotopic (exact) mass is 300 g/mol. The summed E-state index contributed by atoms with van der Waals surface area (Å²) < 4.78 is 4.73. The largest absolute Gasteiger partial charge is 0.465 e. The third kappa shape index (κ3) is 2.23. The molecular formula is C15H12N2O3S. The molecule has 5 nitrogen and oxygen atoms in total. The molecular weight excluding hydrogens is 288 g/mol. The number of aromatic nitrogens is 2. The van der Waals surface area contributed by atoms with Crippen LogP contribution in [0.3, 0.4) is 0 Å². The lowest BCUT2D eigenvalue weighted by molar-refractivity contribution is 0.0605. The van der Waals surface area contributed by atoms with E-state index in [0.717, 1.165) is 5.56 Å². The lowest BCUT2D eigenvalue weighted by atomic mass is 10.2. The van der Waals surface area contributed by atoms with Gasteiger partial charge in [0.1, 0.15) is 15.5 Å². The van der Waals surface area contributed by atoms with Gasteiger partial charge in [-0.1, -0.05) is 30.3 Å². The summed E-state index contributed by atoms with van der Waals surface area (Å²) in [6.45, 7) is 1.73. The van der Waals surface area contributed by atoms with Crippen LogP contribution in [0, 0.1) is 6.92 Å². The third-order valence-corrected chi connectivity index (χ3v) is 4.38. The Labute approximate surface area is 124 Å². The van der Waals surface area contributed by atoms with Crippen molar-refractivity contribution >= 4 is 27.5 Å². The minimum absolute atomic E-state index is 0.247. The Morgan fingerprint density at radius 3 is 2.67 bits per heavy atom. The lowest BCUT2D eigenvalue weighted by Crippen LogP contribution is -2.09. The molecule has 1 N–H and O–H groups in total. The van der Waals surface area contributed by atoms with E-state index in [1.165, 1.54) is 18.4 Å². The molecule has 0 unspecified atom stereocenters. The van der Waals surface area contributed by atoms with Crippen LogP contribution in [0.1, 0.15) is 15.2 Å². The molecule has 0 amide bonds. The molecule has 0 spiro atoms. The zero-order chi connectivity index (χ0) is 15.0. The molecule has 106 valence electrons. The number of hydrogen-bond acceptors (Lipinski definition) is 5. The number of benzene rings is 1. The summed E-state index contributed by atoms with van der Waals surface area (Å²) in [4.78, 5) is 32.2. The van der Waals surface area contributed by atoms with E-state index in [2.05, 4.69) is 9.97 Å². The first kappa shape index (κ1) is 13.5. The van der Waals surface area contributed by atoms with E-state index >= 15 is 0 Å². The molecule has 0 aliphatic carbocycles. The van der Waals surface area contributed by atoms with Crippen LogP contribution in [0.2, 0.25) is 0 Å². The molecule has 0 fully saturated rings. The van der Waals surface area contributed by atoms with Gasteiger partial charge in [-0.25, -0.2) is 9.78 Å². The highest BCUT2D eigenvalue weighted by Crippen LogP contribution is 2.28. The van der Waals surface area contributed by atoms with Crippen LogP contribution in [0.4, 0.5) is 0 Å². The van der Waals surface area contributed by atoms with E-state index in [1.54, 1.807) is 6.92 Å². The van der Waals surface area contributed by atoms with E-state index in [0.29, 0.717) is 26.5 Å². The number of carbonyl (C=O) groups excluding carboxylic acids is 1. The minimum Gasteiger partial charge on any atom is -0.465 e. The van der Waals surface area contributed by atoms with E-state index in [4.69, 9.17) is 4.74 Å². The molecule has 0 radical (unpaired) electrons. The molecule has 3 rings (SSSR count). The molecule has 3 aromatic rings. The Balaban J connectivity index is 2.26. The Hall–Kier alpha value is -2.47. The van der Waals surface area contributed by atoms with Crippen LogP contribution < -0.4 is 5.56 Å². The number of carbonyl (C=O) groups is 1. The summed E-state index contributed by atoms with van der Waals surface area (Å²) in [7, 11) is 1.32. The smallest absolute Gasteiger partial charge is 0.348 e. The Morgan fingerprint density at radius 1 is 1.29 bits per heavy atom. The highest BCUT2D eigenvalue weighted by Gasteiger charge is 2.19.